The van der Waals surface area contributed by atoms with E-state index in [0.717, 1.165) is 5.65 Å². The molecule has 0 N–H and O–H groups in total. The van der Waals surface area contributed by atoms with Gasteiger partial charge in [-0.05, 0) is 18.2 Å². The topological polar surface area (TPSA) is 85.9 Å². The van der Waals surface area contributed by atoms with E-state index in [1.54, 1.807) is 27.1 Å². The van der Waals surface area contributed by atoms with E-state index in [4.69, 9.17) is 4.74 Å². The Morgan fingerprint density at radius 3 is 2.63 bits per heavy atom. The van der Waals surface area contributed by atoms with Crippen molar-refractivity contribution in [1.82, 2.24) is 18.3 Å². The molecule has 0 amide bonds. The van der Waals surface area contributed by atoms with E-state index in [-0.39, 0.29) is 17.2 Å². The fourth-order valence-corrected chi connectivity index (χ4v) is 4.39. The number of nitrogens with zero attached hydrogens (tertiary/aromatic N) is 4. The van der Waals surface area contributed by atoms with Crippen LogP contribution in [0.25, 0.3) is 5.65 Å². The van der Waals surface area contributed by atoms with Crippen LogP contribution in [0.3, 0.4) is 0 Å². The van der Waals surface area contributed by atoms with E-state index in [9.17, 15) is 13.2 Å². The average Bonchev–Trinajstić information content (AvgIpc) is 3.24. The van der Waals surface area contributed by atoms with Crippen LogP contribution in [0, 0.1) is 0 Å². The molecule has 0 aliphatic carbocycles. The smallest absolute Gasteiger partial charge is 0.355 e. The molecule has 0 saturated heterocycles. The van der Waals surface area contributed by atoms with E-state index < -0.39 is 16.0 Å². The van der Waals surface area contributed by atoms with E-state index >= 15 is 0 Å². The van der Waals surface area contributed by atoms with Gasteiger partial charge in [-0.1, -0.05) is 19.9 Å². The Labute approximate surface area is 158 Å². The summed E-state index contributed by atoms with van der Waals surface area (Å²) in [6, 6.07) is 6.96. The molecule has 0 saturated carbocycles. The average molecular weight is 390 g/mol. The van der Waals surface area contributed by atoms with Crippen LogP contribution in [-0.4, -0.2) is 45.7 Å². The summed E-state index contributed by atoms with van der Waals surface area (Å²) in [4.78, 5) is 16.9. The first kappa shape index (κ1) is 19.1. The van der Waals surface area contributed by atoms with Crippen LogP contribution in [0.5, 0.6) is 0 Å². The Morgan fingerprint density at radius 2 is 1.96 bits per heavy atom. The molecule has 3 heterocycles. The molecule has 8 nitrogen and oxygen atoms in total. The number of carbonyl (C=O) groups excluding carboxylic acids is 1. The van der Waals surface area contributed by atoms with Crippen LogP contribution in [0.1, 0.15) is 30.0 Å². The minimum Gasteiger partial charge on any atom is -0.454 e. The van der Waals surface area contributed by atoms with Gasteiger partial charge in [0.05, 0.1) is 5.69 Å². The summed E-state index contributed by atoms with van der Waals surface area (Å²) in [5.41, 5.74) is 1.54. The van der Waals surface area contributed by atoms with Gasteiger partial charge in [-0.2, -0.15) is 4.31 Å². The SMILES string of the molecule is CCN(CC)S(=O)(=O)c1cc(C(=O)OCc2cn3ccccc3n2)n(C)c1. The fraction of sp³-hybridized carbons (Fsp3) is 0.333. The number of imidazole rings is 1. The summed E-state index contributed by atoms with van der Waals surface area (Å²) in [6.45, 7) is 4.27. The van der Waals surface area contributed by atoms with Gasteiger partial charge in [0.2, 0.25) is 10.0 Å². The first-order chi connectivity index (χ1) is 12.9. The third-order valence-corrected chi connectivity index (χ3v) is 6.31. The number of pyridine rings is 1. The maximum Gasteiger partial charge on any atom is 0.355 e. The Hall–Kier alpha value is -2.65. The summed E-state index contributed by atoms with van der Waals surface area (Å²) in [5.74, 6) is -0.601. The van der Waals surface area contributed by atoms with Crippen molar-refractivity contribution in [2.24, 2.45) is 7.05 Å². The van der Waals surface area contributed by atoms with Crippen molar-refractivity contribution in [3.8, 4) is 0 Å². The van der Waals surface area contributed by atoms with Crippen molar-refractivity contribution in [1.29, 1.82) is 0 Å². The number of sulfonamides is 1. The van der Waals surface area contributed by atoms with Gasteiger partial charge in [0.1, 0.15) is 22.8 Å². The van der Waals surface area contributed by atoms with E-state index in [1.165, 1.54) is 21.1 Å². The number of rotatable bonds is 7. The number of ether oxygens (including phenoxy) is 1. The van der Waals surface area contributed by atoms with Crippen molar-refractivity contribution in [2.45, 2.75) is 25.3 Å². The molecule has 0 bridgehead atoms. The molecule has 0 unspecified atom stereocenters. The molecule has 0 spiro atoms. The lowest BCUT2D eigenvalue weighted by atomic mass is 10.4. The number of aryl methyl sites for hydroxylation is 1. The van der Waals surface area contributed by atoms with Gasteiger partial charge < -0.3 is 13.7 Å². The number of esters is 1. The van der Waals surface area contributed by atoms with E-state index in [2.05, 4.69) is 4.98 Å². The second-order valence-corrected chi connectivity index (χ2v) is 7.97. The zero-order valence-electron chi connectivity index (χ0n) is 15.5. The highest BCUT2D eigenvalue weighted by molar-refractivity contribution is 7.89. The monoisotopic (exact) mass is 390 g/mol. The fourth-order valence-electron chi connectivity index (χ4n) is 2.86. The highest BCUT2D eigenvalue weighted by Crippen LogP contribution is 2.19. The Morgan fingerprint density at radius 1 is 1.22 bits per heavy atom. The maximum absolute atomic E-state index is 12.6. The van der Waals surface area contributed by atoms with Crippen molar-refractivity contribution in [2.75, 3.05) is 13.1 Å². The second-order valence-electron chi connectivity index (χ2n) is 6.04. The number of hydrogen-bond donors (Lipinski definition) is 0. The molecule has 0 fully saturated rings. The Kier molecular flexibility index (Phi) is 5.33. The maximum atomic E-state index is 12.6. The number of fused-ring (bicyclic) bond motifs is 1. The molecule has 3 rings (SSSR count). The highest BCUT2D eigenvalue weighted by Gasteiger charge is 2.26. The largest absolute Gasteiger partial charge is 0.454 e. The molecule has 144 valence electrons. The zero-order valence-corrected chi connectivity index (χ0v) is 16.3. The van der Waals surface area contributed by atoms with Gasteiger partial charge in [0.25, 0.3) is 0 Å². The zero-order chi connectivity index (χ0) is 19.6. The Balaban J connectivity index is 1.76. The molecule has 3 aromatic rings. The molecular formula is C18H22N4O4S. The van der Waals surface area contributed by atoms with Crippen LogP contribution < -0.4 is 0 Å². The minimum absolute atomic E-state index is 0.00379. The standard InChI is InChI=1S/C18H22N4O4S/c1-4-22(5-2)27(24,25)15-10-16(20(3)12-15)18(23)26-13-14-11-21-9-7-6-8-17(21)19-14/h6-12H,4-5,13H2,1-3H3. The van der Waals surface area contributed by atoms with Crippen LogP contribution in [-0.2, 0) is 28.4 Å². The van der Waals surface area contributed by atoms with Crippen molar-refractivity contribution < 1.29 is 17.9 Å². The molecule has 9 heteroatoms. The lowest BCUT2D eigenvalue weighted by Crippen LogP contribution is -2.30. The van der Waals surface area contributed by atoms with Crippen LogP contribution in [0.2, 0.25) is 0 Å². The molecule has 27 heavy (non-hydrogen) atoms. The highest BCUT2D eigenvalue weighted by atomic mass is 32.2. The third-order valence-electron chi connectivity index (χ3n) is 4.30. The van der Waals surface area contributed by atoms with Gasteiger partial charge >= 0.3 is 5.97 Å². The molecular weight excluding hydrogens is 368 g/mol. The van der Waals surface area contributed by atoms with Gasteiger partial charge in [0, 0.05) is 38.7 Å². The second kappa shape index (κ2) is 7.53. The van der Waals surface area contributed by atoms with Crippen molar-refractivity contribution in [3.05, 3.63) is 54.2 Å². The number of carbonyl (C=O) groups is 1. The molecule has 0 aliphatic heterocycles. The molecule has 0 aromatic carbocycles. The first-order valence-corrected chi connectivity index (χ1v) is 10.1. The van der Waals surface area contributed by atoms with Gasteiger partial charge in [-0.25, -0.2) is 18.2 Å². The summed E-state index contributed by atoms with van der Waals surface area (Å²) >= 11 is 0. The van der Waals surface area contributed by atoms with Gasteiger partial charge in [-0.15, -0.1) is 0 Å². The minimum atomic E-state index is -3.63. The van der Waals surface area contributed by atoms with E-state index in [0.29, 0.717) is 18.8 Å². The van der Waals surface area contributed by atoms with Gasteiger partial charge in [-0.3, -0.25) is 0 Å². The Bertz CT molecular complexity index is 1030. The van der Waals surface area contributed by atoms with Crippen molar-refractivity contribution in [3.63, 3.8) is 0 Å². The van der Waals surface area contributed by atoms with Crippen LogP contribution in [0.15, 0.2) is 47.8 Å². The first-order valence-electron chi connectivity index (χ1n) is 8.63. The summed E-state index contributed by atoms with van der Waals surface area (Å²) in [6.07, 6.45) is 5.06. The van der Waals surface area contributed by atoms with Crippen molar-refractivity contribution >= 4 is 21.6 Å². The molecule has 0 atom stereocenters. The normalized spacial score (nSPS) is 12.0. The lowest BCUT2D eigenvalue weighted by Gasteiger charge is -2.17. The number of aromatic nitrogens is 3. The van der Waals surface area contributed by atoms with Gasteiger partial charge in [0.15, 0.2) is 0 Å². The van der Waals surface area contributed by atoms with Crippen LogP contribution in [0.4, 0.5) is 0 Å². The molecule has 0 aliphatic rings. The lowest BCUT2D eigenvalue weighted by molar-refractivity contribution is 0.0457. The molecule has 0 radical (unpaired) electrons. The van der Waals surface area contributed by atoms with E-state index in [1.807, 2.05) is 28.8 Å². The predicted molar refractivity (Wildman–Crippen MR) is 99.8 cm³/mol. The summed E-state index contributed by atoms with van der Waals surface area (Å²) in [5, 5.41) is 0. The molecule has 3 aromatic heterocycles. The summed E-state index contributed by atoms with van der Waals surface area (Å²) < 4.78 is 35.2. The predicted octanol–water partition coefficient (Wildman–Crippen LogP) is 2.06. The quantitative estimate of drug-likeness (QED) is 0.577. The number of hydrogen-bond acceptors (Lipinski definition) is 5. The summed E-state index contributed by atoms with van der Waals surface area (Å²) in [7, 11) is -2.02. The third kappa shape index (κ3) is 3.74. The van der Waals surface area contributed by atoms with Crippen LogP contribution >= 0.6 is 0 Å².